The highest BCUT2D eigenvalue weighted by atomic mass is 79.9. The molecule has 0 saturated carbocycles. The van der Waals surface area contributed by atoms with Crippen LogP contribution in [0.25, 0.3) is 0 Å². The number of rotatable bonds is 2. The van der Waals surface area contributed by atoms with Crippen molar-refractivity contribution in [2.24, 2.45) is 0 Å². The topological polar surface area (TPSA) is 0 Å². The van der Waals surface area contributed by atoms with Gasteiger partial charge in [0.15, 0.2) is 0 Å². The zero-order chi connectivity index (χ0) is 13.3. The fourth-order valence-electron chi connectivity index (χ4n) is 1.95. The van der Waals surface area contributed by atoms with Crippen LogP contribution in [0.4, 0.5) is 0 Å². The van der Waals surface area contributed by atoms with E-state index in [1.165, 1.54) is 21.6 Å². The molecule has 0 aliphatic carbocycles. The number of alkyl halides is 1. The smallest absolute Gasteiger partial charge is 0.0740 e. The minimum absolute atomic E-state index is 0.221. The van der Waals surface area contributed by atoms with Crippen LogP contribution in [0.5, 0.6) is 0 Å². The Morgan fingerprint density at radius 2 is 1.67 bits per heavy atom. The summed E-state index contributed by atoms with van der Waals surface area (Å²) in [6.45, 7) is 8.91. The summed E-state index contributed by atoms with van der Waals surface area (Å²) in [6.07, 6.45) is 0. The number of hydrogen-bond acceptors (Lipinski definition) is 1. The van der Waals surface area contributed by atoms with Crippen LogP contribution in [0.2, 0.25) is 0 Å². The van der Waals surface area contributed by atoms with Crippen molar-refractivity contribution in [3.8, 4) is 0 Å². The monoisotopic (exact) mass is 322 g/mol. The lowest BCUT2D eigenvalue weighted by molar-refractivity contribution is 0.590. The number of hydrogen-bond donors (Lipinski definition) is 0. The highest BCUT2D eigenvalue weighted by Gasteiger charge is 2.16. The Labute approximate surface area is 122 Å². The first-order valence-corrected chi connectivity index (χ1v) is 7.97. The molecule has 0 amide bonds. The number of halogens is 1. The molecule has 18 heavy (non-hydrogen) atoms. The Hall–Kier alpha value is -0.600. The van der Waals surface area contributed by atoms with Crippen LogP contribution in [0.1, 0.15) is 47.2 Å². The Morgan fingerprint density at radius 1 is 1.06 bits per heavy atom. The second kappa shape index (κ2) is 5.18. The summed E-state index contributed by atoms with van der Waals surface area (Å²) < 4.78 is 0. The van der Waals surface area contributed by atoms with Gasteiger partial charge in [0.1, 0.15) is 0 Å². The Morgan fingerprint density at radius 3 is 2.11 bits per heavy atom. The molecule has 1 aromatic carbocycles. The zero-order valence-electron chi connectivity index (χ0n) is 11.3. The van der Waals surface area contributed by atoms with Crippen molar-refractivity contribution in [3.05, 3.63) is 57.3 Å². The quantitative estimate of drug-likeness (QED) is 0.609. The lowest BCUT2D eigenvalue weighted by Gasteiger charge is -2.20. The van der Waals surface area contributed by atoms with Gasteiger partial charge in [0, 0.05) is 4.88 Å². The average Bonchev–Trinajstić information content (AvgIpc) is 2.73. The fourth-order valence-corrected chi connectivity index (χ4v) is 3.87. The number of benzene rings is 1. The Balaban J connectivity index is 2.28. The Kier molecular flexibility index (Phi) is 3.98. The molecule has 0 bridgehead atoms. The van der Waals surface area contributed by atoms with E-state index in [-0.39, 0.29) is 5.41 Å². The van der Waals surface area contributed by atoms with Gasteiger partial charge in [0.05, 0.1) is 4.83 Å². The second-order valence-electron chi connectivity index (χ2n) is 5.70. The van der Waals surface area contributed by atoms with Crippen molar-refractivity contribution in [3.63, 3.8) is 0 Å². The first-order valence-electron chi connectivity index (χ1n) is 6.18. The van der Waals surface area contributed by atoms with Gasteiger partial charge in [-0.3, -0.25) is 0 Å². The van der Waals surface area contributed by atoms with E-state index < -0.39 is 0 Å². The molecule has 1 heterocycles. The molecule has 1 atom stereocenters. The molecular weight excluding hydrogens is 304 g/mol. The number of aryl methyl sites for hydroxylation is 1. The summed E-state index contributed by atoms with van der Waals surface area (Å²) >= 11 is 5.62. The maximum Gasteiger partial charge on any atom is 0.0740 e. The van der Waals surface area contributed by atoms with Gasteiger partial charge in [-0.2, -0.15) is 0 Å². The van der Waals surface area contributed by atoms with Crippen LogP contribution >= 0.6 is 27.3 Å². The van der Waals surface area contributed by atoms with Crippen LogP contribution in [0.15, 0.2) is 35.7 Å². The summed E-state index contributed by atoms with van der Waals surface area (Å²) in [4.78, 5) is 1.71. The van der Waals surface area contributed by atoms with Gasteiger partial charge in [-0.15, -0.1) is 11.3 Å². The van der Waals surface area contributed by atoms with Crippen molar-refractivity contribution in [1.82, 2.24) is 0 Å². The largest absolute Gasteiger partial charge is 0.147 e. The van der Waals surface area contributed by atoms with E-state index in [9.17, 15) is 0 Å². The molecule has 0 N–H and O–H groups in total. The van der Waals surface area contributed by atoms with Crippen molar-refractivity contribution >= 4 is 27.3 Å². The molecule has 1 aromatic heterocycles. The van der Waals surface area contributed by atoms with Crippen LogP contribution in [-0.2, 0) is 5.41 Å². The molecule has 0 radical (unpaired) electrons. The summed E-state index contributed by atoms with van der Waals surface area (Å²) in [7, 11) is 0. The van der Waals surface area contributed by atoms with Crippen molar-refractivity contribution < 1.29 is 0 Å². The predicted molar refractivity (Wildman–Crippen MR) is 85.0 cm³/mol. The van der Waals surface area contributed by atoms with Crippen molar-refractivity contribution in [2.45, 2.75) is 37.9 Å². The number of thiophene rings is 1. The van der Waals surface area contributed by atoms with Gasteiger partial charge in [-0.25, -0.2) is 0 Å². The van der Waals surface area contributed by atoms with Crippen molar-refractivity contribution in [1.29, 1.82) is 0 Å². The second-order valence-corrected chi connectivity index (χ2v) is 7.57. The fraction of sp³-hybridized carbons (Fsp3) is 0.375. The van der Waals surface area contributed by atoms with E-state index in [4.69, 9.17) is 0 Å². The molecule has 0 fully saturated rings. The lowest BCUT2D eigenvalue weighted by Crippen LogP contribution is -2.10. The zero-order valence-corrected chi connectivity index (χ0v) is 13.7. The maximum absolute atomic E-state index is 3.81. The Bertz CT molecular complexity index is 517. The van der Waals surface area contributed by atoms with Crippen LogP contribution < -0.4 is 0 Å². The molecule has 2 aromatic rings. The molecule has 0 nitrogen and oxygen atoms in total. The van der Waals surface area contributed by atoms with E-state index in [1.807, 2.05) is 11.3 Å². The average molecular weight is 323 g/mol. The van der Waals surface area contributed by atoms with E-state index in [2.05, 4.69) is 79.3 Å². The molecule has 0 aliphatic rings. The van der Waals surface area contributed by atoms with Crippen LogP contribution in [0, 0.1) is 6.92 Å². The summed E-state index contributed by atoms with van der Waals surface area (Å²) in [5.41, 5.74) is 4.29. The van der Waals surface area contributed by atoms with E-state index in [0.29, 0.717) is 4.83 Å². The molecule has 2 rings (SSSR count). The lowest BCUT2D eigenvalue weighted by atomic mass is 9.86. The summed E-state index contributed by atoms with van der Waals surface area (Å²) in [5.74, 6) is 0. The first kappa shape index (κ1) is 13.8. The maximum atomic E-state index is 3.81. The molecule has 0 aliphatic heterocycles. The third-order valence-corrected chi connectivity index (χ3v) is 5.57. The SMILES string of the molecule is Cc1ccsc1C(Br)c1ccc(C(C)(C)C)cc1. The summed E-state index contributed by atoms with van der Waals surface area (Å²) in [5, 5.41) is 2.16. The van der Waals surface area contributed by atoms with Gasteiger partial charge in [0.2, 0.25) is 0 Å². The van der Waals surface area contributed by atoms with Crippen LogP contribution in [-0.4, -0.2) is 0 Å². The van der Waals surface area contributed by atoms with E-state index in [0.717, 1.165) is 0 Å². The van der Waals surface area contributed by atoms with Gasteiger partial charge in [-0.05, 0) is 40.5 Å². The van der Waals surface area contributed by atoms with E-state index >= 15 is 0 Å². The van der Waals surface area contributed by atoms with Gasteiger partial charge in [0.25, 0.3) is 0 Å². The minimum atomic E-state index is 0.221. The standard InChI is InChI=1S/C16H19BrS/c1-11-9-10-18-15(11)14(17)12-5-7-13(8-6-12)16(2,3)4/h5-10,14H,1-4H3. The molecule has 1 unspecified atom stereocenters. The van der Waals surface area contributed by atoms with Gasteiger partial charge < -0.3 is 0 Å². The molecule has 0 spiro atoms. The minimum Gasteiger partial charge on any atom is -0.147 e. The normalized spacial score (nSPS) is 13.6. The van der Waals surface area contributed by atoms with E-state index in [1.54, 1.807) is 0 Å². The molecular formula is C16H19BrS. The first-order chi connectivity index (χ1) is 8.39. The molecule has 0 saturated heterocycles. The third kappa shape index (κ3) is 2.86. The van der Waals surface area contributed by atoms with Gasteiger partial charge in [-0.1, -0.05) is 61.0 Å². The predicted octanol–water partition coefficient (Wildman–Crippen LogP) is 5.84. The van der Waals surface area contributed by atoms with Gasteiger partial charge >= 0.3 is 0 Å². The van der Waals surface area contributed by atoms with Crippen molar-refractivity contribution in [2.75, 3.05) is 0 Å². The highest BCUT2D eigenvalue weighted by Crippen LogP contribution is 2.36. The summed E-state index contributed by atoms with van der Waals surface area (Å²) in [6, 6.07) is 11.1. The molecule has 96 valence electrons. The highest BCUT2D eigenvalue weighted by molar-refractivity contribution is 9.09. The van der Waals surface area contributed by atoms with Crippen LogP contribution in [0.3, 0.4) is 0 Å². The molecule has 2 heteroatoms. The third-order valence-electron chi connectivity index (χ3n) is 3.20.